The number of carbonyl (C=O) groups excluding carboxylic acids is 1. The minimum atomic E-state index is -0.439. The summed E-state index contributed by atoms with van der Waals surface area (Å²) in [6.45, 7) is 2.25. The van der Waals surface area contributed by atoms with Crippen LogP contribution in [0.4, 0.5) is 0 Å². The Morgan fingerprint density at radius 2 is 1.96 bits per heavy atom. The Labute approximate surface area is 159 Å². The molecule has 0 aliphatic heterocycles. The molecule has 4 rings (SSSR count). The zero-order valence-corrected chi connectivity index (χ0v) is 15.9. The van der Waals surface area contributed by atoms with Gasteiger partial charge in [0.05, 0.1) is 21.8 Å². The molecule has 2 heterocycles. The van der Waals surface area contributed by atoms with Crippen LogP contribution in [-0.2, 0) is 11.3 Å². The van der Waals surface area contributed by atoms with E-state index in [1.807, 2.05) is 49.4 Å². The van der Waals surface area contributed by atoms with Gasteiger partial charge in [0.15, 0.2) is 5.58 Å². The van der Waals surface area contributed by atoms with Gasteiger partial charge in [-0.15, -0.1) is 11.3 Å². The number of oxazole rings is 1. The van der Waals surface area contributed by atoms with Gasteiger partial charge in [-0.2, -0.15) is 0 Å². The molecule has 4 aromatic rings. The summed E-state index contributed by atoms with van der Waals surface area (Å²) < 4.78 is 7.83. The fourth-order valence-electron chi connectivity index (χ4n) is 3.06. The third kappa shape index (κ3) is 3.26. The molecule has 0 aliphatic carbocycles. The van der Waals surface area contributed by atoms with Crippen LogP contribution in [0.15, 0.2) is 57.7 Å². The summed E-state index contributed by atoms with van der Waals surface area (Å²) in [4.78, 5) is 31.0. The molecule has 7 heteroatoms. The first kappa shape index (κ1) is 17.5. The van der Waals surface area contributed by atoms with E-state index in [0.717, 1.165) is 15.2 Å². The number of benzene rings is 2. The first-order valence-electron chi connectivity index (χ1n) is 8.74. The molecule has 1 amide bonds. The number of hydrogen-bond acceptors (Lipinski definition) is 5. The lowest BCUT2D eigenvalue weighted by Crippen LogP contribution is -2.31. The maximum absolute atomic E-state index is 12.7. The Morgan fingerprint density at radius 3 is 2.78 bits per heavy atom. The van der Waals surface area contributed by atoms with Crippen molar-refractivity contribution < 1.29 is 9.21 Å². The summed E-state index contributed by atoms with van der Waals surface area (Å²) in [6, 6.07) is 15.0. The minimum absolute atomic E-state index is 0.0427. The van der Waals surface area contributed by atoms with Crippen LogP contribution in [0.5, 0.6) is 0 Å². The van der Waals surface area contributed by atoms with E-state index < -0.39 is 5.76 Å². The maximum Gasteiger partial charge on any atom is 0.419 e. The summed E-state index contributed by atoms with van der Waals surface area (Å²) in [5.74, 6) is -0.482. The number of amides is 1. The van der Waals surface area contributed by atoms with Crippen molar-refractivity contribution in [2.45, 2.75) is 25.9 Å². The average Bonchev–Trinajstić information content (AvgIpc) is 3.25. The van der Waals surface area contributed by atoms with Crippen LogP contribution in [0, 0.1) is 0 Å². The summed E-state index contributed by atoms with van der Waals surface area (Å²) in [5.41, 5.74) is 2.19. The third-order valence-electron chi connectivity index (χ3n) is 4.77. The largest absolute Gasteiger partial charge is 0.419 e. The molecule has 138 valence electrons. The normalized spacial score (nSPS) is 12.5. The van der Waals surface area contributed by atoms with Crippen molar-refractivity contribution in [3.63, 3.8) is 0 Å². The topological polar surface area (TPSA) is 68.3 Å². The highest BCUT2D eigenvalue weighted by Gasteiger charge is 2.21. The standard InChI is InChI=1S/C20H19N3O3S/c1-13(19-21-14-7-3-6-10-17(14)27-19)22(2)18(24)11-12-23-15-8-4-5-9-16(15)26-20(23)25/h3-10,13H,11-12H2,1-2H3. The van der Waals surface area contributed by atoms with E-state index in [0.29, 0.717) is 11.1 Å². The Kier molecular flexibility index (Phi) is 4.53. The zero-order valence-electron chi connectivity index (χ0n) is 15.1. The van der Waals surface area contributed by atoms with Gasteiger partial charge >= 0.3 is 5.76 Å². The zero-order chi connectivity index (χ0) is 19.0. The number of hydrogen-bond donors (Lipinski definition) is 0. The number of fused-ring (bicyclic) bond motifs is 2. The van der Waals surface area contributed by atoms with Crippen LogP contribution in [0.1, 0.15) is 24.4 Å². The van der Waals surface area contributed by atoms with Crippen molar-refractivity contribution in [3.8, 4) is 0 Å². The lowest BCUT2D eigenvalue weighted by molar-refractivity contribution is -0.132. The van der Waals surface area contributed by atoms with Crippen LogP contribution in [0.3, 0.4) is 0 Å². The molecule has 0 saturated carbocycles. The molecule has 0 N–H and O–H groups in total. The Balaban J connectivity index is 1.48. The Morgan fingerprint density at radius 1 is 1.22 bits per heavy atom. The molecule has 1 unspecified atom stereocenters. The van der Waals surface area contributed by atoms with Gasteiger partial charge < -0.3 is 9.32 Å². The van der Waals surface area contributed by atoms with Crippen molar-refractivity contribution in [3.05, 3.63) is 64.1 Å². The first-order chi connectivity index (χ1) is 13.0. The van der Waals surface area contributed by atoms with E-state index >= 15 is 0 Å². The first-order valence-corrected chi connectivity index (χ1v) is 9.56. The lowest BCUT2D eigenvalue weighted by Gasteiger charge is -2.23. The van der Waals surface area contributed by atoms with Crippen LogP contribution in [0.25, 0.3) is 21.3 Å². The SMILES string of the molecule is CC(c1nc2ccccc2s1)N(C)C(=O)CCn1c(=O)oc2ccccc21. The molecule has 2 aromatic carbocycles. The molecule has 0 saturated heterocycles. The van der Waals surface area contributed by atoms with Crippen molar-refractivity contribution in [2.75, 3.05) is 7.05 Å². The number of aryl methyl sites for hydroxylation is 1. The molecular formula is C20H19N3O3S. The van der Waals surface area contributed by atoms with E-state index in [4.69, 9.17) is 4.42 Å². The van der Waals surface area contributed by atoms with Gasteiger partial charge in [-0.3, -0.25) is 9.36 Å². The molecule has 27 heavy (non-hydrogen) atoms. The van der Waals surface area contributed by atoms with E-state index in [9.17, 15) is 9.59 Å². The van der Waals surface area contributed by atoms with Gasteiger partial charge in [0.2, 0.25) is 5.91 Å². The van der Waals surface area contributed by atoms with Crippen LogP contribution < -0.4 is 5.76 Å². The van der Waals surface area contributed by atoms with Gasteiger partial charge in [0.1, 0.15) is 5.01 Å². The monoisotopic (exact) mass is 381 g/mol. The van der Waals surface area contributed by atoms with Crippen molar-refractivity contribution in [1.82, 2.24) is 14.5 Å². The molecular weight excluding hydrogens is 362 g/mol. The number of aromatic nitrogens is 2. The molecule has 1 atom stereocenters. The smallest absolute Gasteiger partial charge is 0.408 e. The second kappa shape index (κ2) is 7.00. The highest BCUT2D eigenvalue weighted by molar-refractivity contribution is 7.18. The second-order valence-electron chi connectivity index (χ2n) is 6.44. The third-order valence-corrected chi connectivity index (χ3v) is 5.97. The van der Waals surface area contributed by atoms with Crippen LogP contribution >= 0.6 is 11.3 Å². The maximum atomic E-state index is 12.7. The molecule has 2 aromatic heterocycles. The van der Waals surface area contributed by atoms with Crippen LogP contribution in [-0.4, -0.2) is 27.4 Å². The number of para-hydroxylation sites is 3. The van der Waals surface area contributed by atoms with Crippen molar-refractivity contribution in [2.24, 2.45) is 0 Å². The summed E-state index contributed by atoms with van der Waals surface area (Å²) in [6.07, 6.45) is 0.217. The van der Waals surface area contributed by atoms with Gasteiger partial charge in [-0.25, -0.2) is 9.78 Å². The predicted octanol–water partition coefficient (Wildman–Crippen LogP) is 3.81. The molecule has 0 aliphatic rings. The quantitative estimate of drug-likeness (QED) is 0.527. The van der Waals surface area contributed by atoms with Crippen molar-refractivity contribution >= 4 is 38.6 Å². The molecule has 0 bridgehead atoms. The molecule has 0 fully saturated rings. The summed E-state index contributed by atoms with van der Waals surface area (Å²) in [7, 11) is 1.77. The van der Waals surface area contributed by atoms with E-state index in [-0.39, 0.29) is 24.9 Å². The second-order valence-corrected chi connectivity index (χ2v) is 7.50. The molecule has 6 nitrogen and oxygen atoms in total. The van der Waals surface area contributed by atoms with E-state index in [2.05, 4.69) is 4.98 Å². The van der Waals surface area contributed by atoms with Crippen molar-refractivity contribution in [1.29, 1.82) is 0 Å². The highest BCUT2D eigenvalue weighted by Crippen LogP contribution is 2.29. The van der Waals surface area contributed by atoms with Gasteiger partial charge in [0.25, 0.3) is 0 Å². The average molecular weight is 381 g/mol. The Bertz CT molecular complexity index is 1140. The van der Waals surface area contributed by atoms with Crippen LogP contribution in [0.2, 0.25) is 0 Å². The summed E-state index contributed by atoms with van der Waals surface area (Å²) in [5, 5.41) is 0.901. The highest BCUT2D eigenvalue weighted by atomic mass is 32.1. The van der Waals surface area contributed by atoms with Gasteiger partial charge in [0, 0.05) is 20.0 Å². The van der Waals surface area contributed by atoms with E-state index in [1.165, 1.54) is 4.57 Å². The molecule has 0 radical (unpaired) electrons. The summed E-state index contributed by atoms with van der Waals surface area (Å²) >= 11 is 1.60. The van der Waals surface area contributed by atoms with Gasteiger partial charge in [-0.1, -0.05) is 24.3 Å². The fraction of sp³-hybridized carbons (Fsp3) is 0.250. The number of nitrogens with zero attached hydrogens (tertiary/aromatic N) is 3. The number of rotatable bonds is 5. The lowest BCUT2D eigenvalue weighted by atomic mass is 10.2. The number of carbonyl (C=O) groups is 1. The van der Waals surface area contributed by atoms with E-state index in [1.54, 1.807) is 29.4 Å². The van der Waals surface area contributed by atoms with Gasteiger partial charge in [-0.05, 0) is 31.2 Å². The Hall–Kier alpha value is -2.93. The fourth-order valence-corrected chi connectivity index (χ4v) is 4.12. The number of thiazole rings is 1. The predicted molar refractivity (Wildman–Crippen MR) is 106 cm³/mol. The minimum Gasteiger partial charge on any atom is -0.408 e. The molecule has 0 spiro atoms.